The number of carbonyl (C=O) groups is 1. The number of nitrogens with zero attached hydrogens (tertiary/aromatic N) is 1. The summed E-state index contributed by atoms with van der Waals surface area (Å²) in [4.78, 5) is 13.7. The van der Waals surface area contributed by atoms with Crippen molar-refractivity contribution >= 4 is 5.78 Å². The van der Waals surface area contributed by atoms with Gasteiger partial charge in [-0.05, 0) is 12.8 Å². The lowest BCUT2D eigenvalue weighted by atomic mass is 10.0. The Morgan fingerprint density at radius 2 is 2.11 bits per heavy atom. The summed E-state index contributed by atoms with van der Waals surface area (Å²) in [6.07, 6.45) is 1.47. The number of halogens is 1. The van der Waals surface area contributed by atoms with Gasteiger partial charge < -0.3 is 5.73 Å². The molecule has 2 rings (SSSR count). The maximum absolute atomic E-state index is 13.7. The molecule has 1 aromatic carbocycles. The quantitative estimate of drug-likeness (QED) is 0.656. The number of piperidine rings is 1. The fourth-order valence-corrected chi connectivity index (χ4v) is 2.45. The molecule has 0 aliphatic carbocycles. The summed E-state index contributed by atoms with van der Waals surface area (Å²) in [7, 11) is 0. The third-order valence-electron chi connectivity index (χ3n) is 3.63. The lowest BCUT2D eigenvalue weighted by Crippen LogP contribution is -2.45. The first kappa shape index (κ1) is 14.2. The molecule has 1 heterocycles. The third-order valence-corrected chi connectivity index (χ3v) is 3.63. The summed E-state index contributed by atoms with van der Waals surface area (Å²) in [6, 6.07) is 9.23. The number of likely N-dealkylation sites (tertiary alicyclic amines) is 1. The van der Waals surface area contributed by atoms with Gasteiger partial charge in [-0.25, -0.2) is 4.39 Å². The largest absolute Gasteiger partial charge is 0.328 e. The minimum atomic E-state index is -0.949. The molecule has 1 aliphatic rings. The van der Waals surface area contributed by atoms with Gasteiger partial charge in [0.15, 0.2) is 12.1 Å². The number of carbonyl (C=O) groups excluding carboxylic acids is 1. The van der Waals surface area contributed by atoms with Crippen molar-refractivity contribution in [2.24, 2.45) is 5.73 Å². The zero-order valence-corrected chi connectivity index (χ0v) is 11.1. The molecule has 2 unspecified atom stereocenters. The minimum Gasteiger partial charge on any atom is -0.328 e. The lowest BCUT2D eigenvalue weighted by Gasteiger charge is -2.33. The Kier molecular flexibility index (Phi) is 5.05. The fraction of sp³-hybridized carbons (Fsp3) is 0.533. The molecule has 1 aromatic rings. The van der Waals surface area contributed by atoms with Gasteiger partial charge in [0, 0.05) is 37.5 Å². The predicted octanol–water partition coefficient (Wildman–Crippen LogP) is 2.37. The molecule has 4 heteroatoms. The highest BCUT2D eigenvalue weighted by atomic mass is 19.1. The van der Waals surface area contributed by atoms with Crippen molar-refractivity contribution in [3.05, 3.63) is 35.9 Å². The highest BCUT2D eigenvalue weighted by Crippen LogP contribution is 2.18. The first-order valence-corrected chi connectivity index (χ1v) is 6.89. The summed E-state index contributed by atoms with van der Waals surface area (Å²) >= 11 is 0. The van der Waals surface area contributed by atoms with E-state index in [-0.39, 0.29) is 11.8 Å². The van der Waals surface area contributed by atoms with Crippen LogP contribution in [0.3, 0.4) is 0 Å². The standard InChI is InChI=1S/C15H21FN2O/c16-15-11-13(17)8-10-18(15)9-4-7-14(19)12-5-2-1-3-6-12/h1-3,5-6,13,15H,4,7-11,17H2. The maximum atomic E-state index is 13.7. The van der Waals surface area contributed by atoms with Crippen LogP contribution in [0, 0.1) is 0 Å². The van der Waals surface area contributed by atoms with Crippen LogP contribution in [0.1, 0.15) is 36.0 Å². The molecule has 0 bridgehead atoms. The van der Waals surface area contributed by atoms with E-state index in [1.807, 2.05) is 30.3 Å². The van der Waals surface area contributed by atoms with Crippen molar-refractivity contribution in [1.29, 1.82) is 0 Å². The second-order valence-corrected chi connectivity index (χ2v) is 5.15. The first-order chi connectivity index (χ1) is 9.16. The topological polar surface area (TPSA) is 46.3 Å². The van der Waals surface area contributed by atoms with Gasteiger partial charge in [0.2, 0.25) is 0 Å². The summed E-state index contributed by atoms with van der Waals surface area (Å²) < 4.78 is 13.7. The summed E-state index contributed by atoms with van der Waals surface area (Å²) in [6.45, 7) is 1.33. The SMILES string of the molecule is NC1CCN(CCCC(=O)c2ccccc2)C(F)C1. The molecule has 0 aromatic heterocycles. The van der Waals surface area contributed by atoms with Crippen molar-refractivity contribution < 1.29 is 9.18 Å². The molecular weight excluding hydrogens is 243 g/mol. The van der Waals surface area contributed by atoms with Gasteiger partial charge in [-0.15, -0.1) is 0 Å². The number of benzene rings is 1. The van der Waals surface area contributed by atoms with Crippen LogP contribution in [0.2, 0.25) is 0 Å². The number of rotatable bonds is 5. The summed E-state index contributed by atoms with van der Waals surface area (Å²) in [5.41, 5.74) is 6.46. The van der Waals surface area contributed by atoms with Crippen molar-refractivity contribution in [1.82, 2.24) is 4.90 Å². The van der Waals surface area contributed by atoms with Crippen LogP contribution in [0.4, 0.5) is 4.39 Å². The van der Waals surface area contributed by atoms with Crippen LogP contribution >= 0.6 is 0 Å². The molecule has 0 spiro atoms. The second kappa shape index (κ2) is 6.78. The molecule has 1 fully saturated rings. The Balaban J connectivity index is 1.73. The zero-order valence-electron chi connectivity index (χ0n) is 11.1. The third kappa shape index (κ3) is 4.11. The van der Waals surface area contributed by atoms with Crippen molar-refractivity contribution in [2.45, 2.75) is 38.0 Å². The Labute approximate surface area is 113 Å². The molecule has 3 nitrogen and oxygen atoms in total. The van der Waals surface area contributed by atoms with Crippen LogP contribution < -0.4 is 5.73 Å². The Bertz CT molecular complexity index is 410. The second-order valence-electron chi connectivity index (χ2n) is 5.15. The predicted molar refractivity (Wildman–Crippen MR) is 73.7 cm³/mol. The van der Waals surface area contributed by atoms with Gasteiger partial charge in [0.1, 0.15) is 0 Å². The molecule has 1 aliphatic heterocycles. The number of nitrogens with two attached hydrogens (primary N) is 1. The van der Waals surface area contributed by atoms with E-state index in [4.69, 9.17) is 5.73 Å². The van der Waals surface area contributed by atoms with Gasteiger partial charge in [0.25, 0.3) is 0 Å². The average Bonchev–Trinajstić information content (AvgIpc) is 2.42. The Hall–Kier alpha value is -1.26. The molecule has 0 saturated carbocycles. The van der Waals surface area contributed by atoms with E-state index in [2.05, 4.69) is 0 Å². The zero-order chi connectivity index (χ0) is 13.7. The van der Waals surface area contributed by atoms with E-state index >= 15 is 0 Å². The van der Waals surface area contributed by atoms with Gasteiger partial charge in [-0.1, -0.05) is 30.3 Å². The Morgan fingerprint density at radius 3 is 2.79 bits per heavy atom. The molecule has 2 atom stereocenters. The van der Waals surface area contributed by atoms with Crippen LogP contribution in [0.5, 0.6) is 0 Å². The number of alkyl halides is 1. The van der Waals surface area contributed by atoms with Crippen molar-refractivity contribution in [2.75, 3.05) is 13.1 Å². The van der Waals surface area contributed by atoms with E-state index in [0.29, 0.717) is 32.4 Å². The Morgan fingerprint density at radius 1 is 1.37 bits per heavy atom. The van der Waals surface area contributed by atoms with Crippen LogP contribution in [-0.4, -0.2) is 36.1 Å². The van der Waals surface area contributed by atoms with Crippen molar-refractivity contribution in [3.8, 4) is 0 Å². The number of hydrogen-bond acceptors (Lipinski definition) is 3. The molecule has 19 heavy (non-hydrogen) atoms. The molecular formula is C15H21FN2O. The van der Waals surface area contributed by atoms with E-state index < -0.39 is 6.30 Å². The van der Waals surface area contributed by atoms with Crippen LogP contribution in [-0.2, 0) is 0 Å². The van der Waals surface area contributed by atoms with Gasteiger partial charge in [-0.2, -0.15) is 0 Å². The molecule has 0 amide bonds. The molecule has 2 N–H and O–H groups in total. The van der Waals surface area contributed by atoms with E-state index in [1.165, 1.54) is 0 Å². The maximum Gasteiger partial charge on any atom is 0.162 e. The minimum absolute atomic E-state index is 0.0165. The highest BCUT2D eigenvalue weighted by molar-refractivity contribution is 5.95. The van der Waals surface area contributed by atoms with E-state index in [1.54, 1.807) is 4.90 Å². The molecule has 1 saturated heterocycles. The first-order valence-electron chi connectivity index (χ1n) is 6.89. The number of hydrogen-bond donors (Lipinski definition) is 1. The summed E-state index contributed by atoms with van der Waals surface area (Å²) in [5.74, 6) is 0.129. The van der Waals surface area contributed by atoms with E-state index in [0.717, 1.165) is 12.0 Å². The highest BCUT2D eigenvalue weighted by Gasteiger charge is 2.25. The van der Waals surface area contributed by atoms with Gasteiger partial charge >= 0.3 is 0 Å². The van der Waals surface area contributed by atoms with Gasteiger partial charge in [0.05, 0.1) is 0 Å². The molecule has 0 radical (unpaired) electrons. The van der Waals surface area contributed by atoms with Crippen LogP contribution in [0.25, 0.3) is 0 Å². The normalized spacial score (nSPS) is 24.3. The van der Waals surface area contributed by atoms with Gasteiger partial charge in [-0.3, -0.25) is 9.69 Å². The fourth-order valence-electron chi connectivity index (χ4n) is 2.45. The lowest BCUT2D eigenvalue weighted by molar-refractivity contribution is 0.0369. The molecule has 104 valence electrons. The van der Waals surface area contributed by atoms with Crippen molar-refractivity contribution in [3.63, 3.8) is 0 Å². The van der Waals surface area contributed by atoms with E-state index in [9.17, 15) is 9.18 Å². The number of ketones is 1. The number of Topliss-reactive ketones (excluding diaryl/α,β-unsaturated/α-hetero) is 1. The average molecular weight is 264 g/mol. The van der Waals surface area contributed by atoms with Crippen LogP contribution in [0.15, 0.2) is 30.3 Å². The smallest absolute Gasteiger partial charge is 0.162 e. The summed E-state index contributed by atoms with van der Waals surface area (Å²) in [5, 5.41) is 0. The monoisotopic (exact) mass is 264 g/mol.